The maximum Gasteiger partial charge on any atom is 0.251 e. The molecule has 1 aromatic carbocycles. The second-order valence-corrected chi connectivity index (χ2v) is 9.51. The van der Waals surface area contributed by atoms with Crippen molar-refractivity contribution in [1.29, 1.82) is 0 Å². The van der Waals surface area contributed by atoms with Gasteiger partial charge in [0.25, 0.3) is 5.91 Å². The first-order chi connectivity index (χ1) is 16.8. The van der Waals surface area contributed by atoms with Crippen LogP contribution in [0.25, 0.3) is 16.9 Å². The molecule has 4 aromatic rings. The first-order valence-corrected chi connectivity index (χ1v) is 11.6. The number of nitrogens with one attached hydrogen (secondary N) is 2. The summed E-state index contributed by atoms with van der Waals surface area (Å²) in [6.07, 6.45) is 7.11. The highest BCUT2D eigenvalue weighted by Crippen LogP contribution is 2.30. The molecule has 3 aromatic heterocycles. The van der Waals surface area contributed by atoms with Crippen molar-refractivity contribution in [3.63, 3.8) is 0 Å². The van der Waals surface area contributed by atoms with Crippen molar-refractivity contribution in [2.75, 3.05) is 11.9 Å². The van der Waals surface area contributed by atoms with Crippen LogP contribution in [-0.2, 0) is 0 Å². The minimum atomic E-state index is -0.923. The second-order valence-electron chi connectivity index (χ2n) is 9.51. The Hall–Kier alpha value is -3.98. The van der Waals surface area contributed by atoms with Gasteiger partial charge in [0.2, 0.25) is 5.88 Å². The molecule has 9 heteroatoms. The molecule has 0 unspecified atom stereocenters. The average Bonchev–Trinajstić information content (AvgIpc) is 3.53. The Bertz CT molecular complexity index is 1370. The molecule has 0 atom stereocenters. The molecule has 1 fully saturated rings. The molecule has 0 saturated heterocycles. The lowest BCUT2D eigenvalue weighted by Crippen LogP contribution is -2.29. The number of hydrogen-bond donors (Lipinski definition) is 3. The van der Waals surface area contributed by atoms with Crippen LogP contribution >= 0.6 is 0 Å². The molecule has 180 valence electrons. The topological polar surface area (TPSA) is 114 Å². The van der Waals surface area contributed by atoms with Crippen molar-refractivity contribution in [3.05, 3.63) is 66.1 Å². The van der Waals surface area contributed by atoms with Gasteiger partial charge in [-0.05, 0) is 63.4 Å². The molecule has 1 amide bonds. The van der Waals surface area contributed by atoms with Crippen molar-refractivity contribution in [2.45, 2.75) is 45.3 Å². The van der Waals surface area contributed by atoms with E-state index in [9.17, 15) is 9.90 Å². The average molecular weight is 473 g/mol. The van der Waals surface area contributed by atoms with E-state index in [-0.39, 0.29) is 5.91 Å². The van der Waals surface area contributed by atoms with Gasteiger partial charge in [-0.2, -0.15) is 0 Å². The van der Waals surface area contributed by atoms with Crippen LogP contribution in [0.5, 0.6) is 11.6 Å². The number of hydrogen-bond acceptors (Lipinski definition) is 7. The maximum absolute atomic E-state index is 12.6. The third-order valence-corrected chi connectivity index (χ3v) is 5.69. The van der Waals surface area contributed by atoms with Crippen LogP contribution in [0.3, 0.4) is 0 Å². The number of amides is 1. The van der Waals surface area contributed by atoms with Crippen LogP contribution in [0.4, 0.5) is 5.69 Å². The normalized spacial score (nSPS) is 13.6. The number of imidazole rings is 1. The Labute approximate surface area is 203 Å². The Kier molecular flexibility index (Phi) is 5.86. The Morgan fingerprint density at radius 3 is 2.74 bits per heavy atom. The maximum atomic E-state index is 12.6. The van der Waals surface area contributed by atoms with Crippen LogP contribution in [0.15, 0.2) is 55.0 Å². The first-order valence-electron chi connectivity index (χ1n) is 11.6. The number of pyridine rings is 1. The fraction of sp³-hybridized carbons (Fsp3) is 0.308. The molecule has 1 aliphatic rings. The van der Waals surface area contributed by atoms with Gasteiger partial charge in [-0.25, -0.2) is 9.50 Å². The van der Waals surface area contributed by atoms with Gasteiger partial charge in [0.05, 0.1) is 29.4 Å². The van der Waals surface area contributed by atoms with Gasteiger partial charge in [0.15, 0.2) is 5.65 Å². The highest BCUT2D eigenvalue weighted by Gasteiger charge is 2.24. The van der Waals surface area contributed by atoms with E-state index in [4.69, 9.17) is 4.74 Å². The van der Waals surface area contributed by atoms with Crippen molar-refractivity contribution < 1.29 is 14.6 Å². The van der Waals surface area contributed by atoms with E-state index in [1.165, 1.54) is 0 Å². The summed E-state index contributed by atoms with van der Waals surface area (Å²) in [6, 6.07) is 11.3. The number of carbonyl (C=O) groups excluding carboxylic acids is 1. The molecule has 3 heterocycles. The molecular formula is C26H28N6O3. The minimum Gasteiger partial charge on any atom is -0.436 e. The molecule has 3 N–H and O–H groups in total. The number of carbonyl (C=O) groups is 1. The predicted molar refractivity (Wildman–Crippen MR) is 133 cm³/mol. The summed E-state index contributed by atoms with van der Waals surface area (Å²) in [7, 11) is 0. The molecule has 0 bridgehead atoms. The van der Waals surface area contributed by atoms with Gasteiger partial charge >= 0.3 is 0 Å². The molecule has 1 aliphatic carbocycles. The van der Waals surface area contributed by atoms with Crippen molar-refractivity contribution in [1.82, 2.24) is 24.9 Å². The summed E-state index contributed by atoms with van der Waals surface area (Å²) in [6.45, 7) is 5.69. The lowest BCUT2D eigenvalue weighted by Gasteiger charge is -2.19. The Balaban J connectivity index is 1.53. The smallest absolute Gasteiger partial charge is 0.251 e. The van der Waals surface area contributed by atoms with E-state index in [1.807, 2.05) is 25.1 Å². The number of rotatable bonds is 8. The number of fused-ring (bicyclic) bond motifs is 1. The number of anilines is 1. The summed E-state index contributed by atoms with van der Waals surface area (Å²) in [5.74, 6) is 0.856. The van der Waals surface area contributed by atoms with Gasteiger partial charge in [0, 0.05) is 36.0 Å². The summed E-state index contributed by atoms with van der Waals surface area (Å²) in [5, 5.41) is 21.2. The van der Waals surface area contributed by atoms with E-state index < -0.39 is 5.60 Å². The molecule has 9 nitrogen and oxygen atoms in total. The summed E-state index contributed by atoms with van der Waals surface area (Å²) in [4.78, 5) is 21.2. The van der Waals surface area contributed by atoms with Crippen molar-refractivity contribution in [2.24, 2.45) is 0 Å². The van der Waals surface area contributed by atoms with Crippen molar-refractivity contribution >= 4 is 17.2 Å². The molecule has 1 saturated carbocycles. The van der Waals surface area contributed by atoms with Crippen LogP contribution in [0, 0.1) is 6.92 Å². The summed E-state index contributed by atoms with van der Waals surface area (Å²) in [5.41, 5.74) is 3.50. The number of aromatic nitrogens is 4. The molecule has 0 radical (unpaired) electrons. The fourth-order valence-corrected chi connectivity index (χ4v) is 3.73. The van der Waals surface area contributed by atoms with Crippen LogP contribution < -0.4 is 15.4 Å². The zero-order valence-corrected chi connectivity index (χ0v) is 19.9. The lowest BCUT2D eigenvalue weighted by molar-refractivity contribution is 0.0940. The van der Waals surface area contributed by atoms with Crippen LogP contribution in [0.2, 0.25) is 0 Å². The summed E-state index contributed by atoms with van der Waals surface area (Å²) >= 11 is 0. The van der Waals surface area contributed by atoms with Gasteiger partial charge in [-0.3, -0.25) is 9.78 Å². The van der Waals surface area contributed by atoms with Crippen molar-refractivity contribution in [3.8, 4) is 22.9 Å². The van der Waals surface area contributed by atoms with Gasteiger partial charge in [-0.15, -0.1) is 5.10 Å². The van der Waals surface area contributed by atoms with Gasteiger partial charge in [-0.1, -0.05) is 6.07 Å². The third kappa shape index (κ3) is 5.25. The van der Waals surface area contributed by atoms with E-state index in [0.29, 0.717) is 41.1 Å². The highest BCUT2D eigenvalue weighted by molar-refractivity contribution is 5.96. The van der Waals surface area contributed by atoms with Gasteiger partial charge in [0.1, 0.15) is 5.75 Å². The lowest BCUT2D eigenvalue weighted by atomic mass is 10.0. The number of benzene rings is 1. The number of ether oxygens (including phenoxy) is 1. The first kappa shape index (κ1) is 22.8. The minimum absolute atomic E-state index is 0.0434. The number of aliphatic hydroxyl groups is 1. The molecule has 35 heavy (non-hydrogen) atoms. The molecule has 0 spiro atoms. The SMILES string of the molecule is Cc1cc(-c2cnc3c(NCC(C)(C)O)cc(Oc4cccnc4)nn23)ccc1C(=O)NC1CC1. The third-order valence-electron chi connectivity index (χ3n) is 5.69. The Morgan fingerprint density at radius 2 is 2.06 bits per heavy atom. The zero-order valence-electron chi connectivity index (χ0n) is 19.9. The monoisotopic (exact) mass is 472 g/mol. The standard InChI is InChI=1S/C26H28N6O3/c1-16-11-17(6-9-20(16)25(33)30-18-7-8-18)22-14-28-24-21(29-15-26(2,3)34)12-23(31-32(22)24)35-19-5-4-10-27-13-19/h4-6,9-14,18,29,34H,7-8,15H2,1-3H3,(H,30,33). The second kappa shape index (κ2) is 8.99. The fourth-order valence-electron chi connectivity index (χ4n) is 3.73. The Morgan fingerprint density at radius 1 is 1.23 bits per heavy atom. The quantitative estimate of drug-likeness (QED) is 0.356. The number of aryl methyl sites for hydroxylation is 1. The van der Waals surface area contributed by atoms with E-state index in [1.54, 1.807) is 55.2 Å². The van der Waals surface area contributed by atoms with Crippen LogP contribution in [-0.4, -0.2) is 48.8 Å². The zero-order chi connectivity index (χ0) is 24.6. The van der Waals surface area contributed by atoms with Crippen LogP contribution in [0.1, 0.15) is 42.6 Å². The largest absolute Gasteiger partial charge is 0.436 e. The molecule has 0 aliphatic heterocycles. The predicted octanol–water partition coefficient (Wildman–Crippen LogP) is 3.97. The van der Waals surface area contributed by atoms with Gasteiger partial charge < -0.3 is 20.5 Å². The molecular weight excluding hydrogens is 444 g/mol. The van der Waals surface area contributed by atoms with E-state index >= 15 is 0 Å². The summed E-state index contributed by atoms with van der Waals surface area (Å²) < 4.78 is 7.66. The number of nitrogens with zero attached hydrogens (tertiary/aromatic N) is 4. The van der Waals surface area contributed by atoms with E-state index in [0.717, 1.165) is 29.7 Å². The van der Waals surface area contributed by atoms with E-state index in [2.05, 4.69) is 25.7 Å². The molecule has 5 rings (SSSR count). The highest BCUT2D eigenvalue weighted by atomic mass is 16.5.